The second kappa shape index (κ2) is 5.61. The second-order valence-electron chi connectivity index (χ2n) is 3.11. The SMILES string of the molecule is CCCNC(=O)CNS(=O)(=O)c1cn[nH]c1. The maximum atomic E-state index is 11.5. The molecule has 1 rings (SSSR count). The van der Waals surface area contributed by atoms with E-state index in [9.17, 15) is 13.2 Å². The molecule has 0 aliphatic heterocycles. The quantitative estimate of drug-likeness (QED) is 0.612. The molecule has 0 bridgehead atoms. The molecule has 1 heterocycles. The molecule has 16 heavy (non-hydrogen) atoms. The molecule has 8 heteroatoms. The normalized spacial score (nSPS) is 11.3. The fraction of sp³-hybridized carbons (Fsp3) is 0.500. The van der Waals surface area contributed by atoms with Gasteiger partial charge in [0.15, 0.2) is 0 Å². The van der Waals surface area contributed by atoms with Crippen LogP contribution in [0.15, 0.2) is 17.3 Å². The van der Waals surface area contributed by atoms with Gasteiger partial charge < -0.3 is 5.32 Å². The first-order valence-corrected chi connectivity index (χ1v) is 6.29. The first-order chi connectivity index (χ1) is 7.56. The van der Waals surface area contributed by atoms with Gasteiger partial charge in [-0.25, -0.2) is 13.1 Å². The topological polar surface area (TPSA) is 104 Å². The first kappa shape index (κ1) is 12.7. The van der Waals surface area contributed by atoms with Crippen molar-refractivity contribution in [2.24, 2.45) is 0 Å². The maximum absolute atomic E-state index is 11.5. The summed E-state index contributed by atoms with van der Waals surface area (Å²) in [5, 5.41) is 8.47. The molecule has 90 valence electrons. The molecule has 0 saturated carbocycles. The molecule has 0 atom stereocenters. The Bertz CT molecular complexity index is 426. The molecule has 0 fully saturated rings. The minimum atomic E-state index is -3.64. The van der Waals surface area contributed by atoms with Crippen molar-refractivity contribution in [2.45, 2.75) is 18.2 Å². The number of carbonyl (C=O) groups is 1. The number of H-pyrrole nitrogens is 1. The van der Waals surface area contributed by atoms with Gasteiger partial charge in [0, 0.05) is 12.7 Å². The predicted molar refractivity (Wildman–Crippen MR) is 57.1 cm³/mol. The number of rotatable bonds is 6. The minimum absolute atomic E-state index is 0.00999. The molecule has 0 aliphatic rings. The molecule has 0 radical (unpaired) electrons. The molecule has 1 aromatic heterocycles. The van der Waals surface area contributed by atoms with E-state index in [-0.39, 0.29) is 17.3 Å². The van der Waals surface area contributed by atoms with Crippen LogP contribution in [0.3, 0.4) is 0 Å². The lowest BCUT2D eigenvalue weighted by Gasteiger charge is -2.05. The molecule has 0 spiro atoms. The Morgan fingerprint density at radius 1 is 1.56 bits per heavy atom. The molecule has 7 nitrogen and oxygen atoms in total. The van der Waals surface area contributed by atoms with Crippen LogP contribution in [0.25, 0.3) is 0 Å². The molecular weight excluding hydrogens is 232 g/mol. The van der Waals surface area contributed by atoms with E-state index in [1.165, 1.54) is 12.4 Å². The Labute approximate surface area is 93.7 Å². The van der Waals surface area contributed by atoms with Crippen LogP contribution in [0.5, 0.6) is 0 Å². The summed E-state index contributed by atoms with van der Waals surface area (Å²) in [5.74, 6) is -0.353. The van der Waals surface area contributed by atoms with Gasteiger partial charge in [-0.15, -0.1) is 0 Å². The molecular formula is C8H14N4O3S. The summed E-state index contributed by atoms with van der Waals surface area (Å²) >= 11 is 0. The average molecular weight is 246 g/mol. The van der Waals surface area contributed by atoms with Crippen molar-refractivity contribution >= 4 is 15.9 Å². The van der Waals surface area contributed by atoms with Crippen molar-refractivity contribution in [2.75, 3.05) is 13.1 Å². The van der Waals surface area contributed by atoms with Crippen LogP contribution in [-0.4, -0.2) is 37.6 Å². The van der Waals surface area contributed by atoms with Gasteiger partial charge in [-0.2, -0.15) is 5.10 Å². The van der Waals surface area contributed by atoms with E-state index in [2.05, 4.69) is 20.2 Å². The molecule has 1 aromatic rings. The van der Waals surface area contributed by atoms with Crippen molar-refractivity contribution < 1.29 is 13.2 Å². The zero-order valence-corrected chi connectivity index (χ0v) is 9.67. The van der Waals surface area contributed by atoms with E-state index in [0.717, 1.165) is 6.42 Å². The van der Waals surface area contributed by atoms with Gasteiger partial charge in [0.1, 0.15) is 4.90 Å². The monoisotopic (exact) mass is 246 g/mol. The number of nitrogens with zero attached hydrogens (tertiary/aromatic N) is 1. The van der Waals surface area contributed by atoms with E-state index in [1.807, 2.05) is 6.92 Å². The summed E-state index contributed by atoms with van der Waals surface area (Å²) in [4.78, 5) is 11.2. The van der Waals surface area contributed by atoms with Crippen LogP contribution in [0.2, 0.25) is 0 Å². The van der Waals surface area contributed by atoms with Gasteiger partial charge in [0.2, 0.25) is 15.9 Å². The van der Waals surface area contributed by atoms with Gasteiger partial charge in [0.05, 0.1) is 12.7 Å². The van der Waals surface area contributed by atoms with Gasteiger partial charge in [0.25, 0.3) is 0 Å². The van der Waals surface area contributed by atoms with Crippen molar-refractivity contribution in [1.82, 2.24) is 20.2 Å². The van der Waals surface area contributed by atoms with Crippen molar-refractivity contribution in [1.29, 1.82) is 0 Å². The van der Waals surface area contributed by atoms with Crippen molar-refractivity contribution in [3.8, 4) is 0 Å². The molecule has 1 amide bonds. The van der Waals surface area contributed by atoms with Crippen LogP contribution in [0, 0.1) is 0 Å². The van der Waals surface area contributed by atoms with Gasteiger partial charge in [-0.3, -0.25) is 9.89 Å². The highest BCUT2D eigenvalue weighted by Crippen LogP contribution is 2.02. The van der Waals surface area contributed by atoms with Gasteiger partial charge >= 0.3 is 0 Å². The lowest BCUT2D eigenvalue weighted by atomic mass is 10.5. The molecule has 0 unspecified atom stereocenters. The molecule has 3 N–H and O–H groups in total. The van der Waals surface area contributed by atoms with Crippen molar-refractivity contribution in [3.63, 3.8) is 0 Å². The number of hydrogen-bond acceptors (Lipinski definition) is 4. The number of aromatic amines is 1. The van der Waals surface area contributed by atoms with Gasteiger partial charge in [-0.1, -0.05) is 6.92 Å². The number of nitrogens with one attached hydrogen (secondary N) is 3. The van der Waals surface area contributed by atoms with Crippen LogP contribution >= 0.6 is 0 Å². The maximum Gasteiger partial charge on any atom is 0.244 e. The fourth-order valence-corrected chi connectivity index (χ4v) is 1.84. The highest BCUT2D eigenvalue weighted by Gasteiger charge is 2.15. The van der Waals surface area contributed by atoms with Crippen LogP contribution in [-0.2, 0) is 14.8 Å². The van der Waals surface area contributed by atoms with E-state index in [0.29, 0.717) is 6.54 Å². The smallest absolute Gasteiger partial charge is 0.244 e. The standard InChI is InChI=1S/C8H14N4O3S/c1-2-3-9-8(13)6-12-16(14,15)7-4-10-11-5-7/h4-5,12H,2-3,6H2,1H3,(H,9,13)(H,10,11). The van der Waals surface area contributed by atoms with E-state index in [4.69, 9.17) is 0 Å². The Kier molecular flexibility index (Phi) is 4.44. The van der Waals surface area contributed by atoms with Crippen LogP contribution in [0.4, 0.5) is 0 Å². The highest BCUT2D eigenvalue weighted by molar-refractivity contribution is 7.89. The number of carbonyl (C=O) groups excluding carboxylic acids is 1. The van der Waals surface area contributed by atoms with Crippen LogP contribution in [0.1, 0.15) is 13.3 Å². The third-order valence-corrected chi connectivity index (χ3v) is 3.15. The van der Waals surface area contributed by atoms with E-state index in [1.54, 1.807) is 0 Å². The summed E-state index contributed by atoms with van der Waals surface area (Å²) in [5.41, 5.74) is 0. The Hall–Kier alpha value is -1.41. The molecule has 0 aromatic carbocycles. The van der Waals surface area contributed by atoms with Gasteiger partial charge in [-0.05, 0) is 6.42 Å². The summed E-state index contributed by atoms with van der Waals surface area (Å²) in [7, 11) is -3.64. The summed E-state index contributed by atoms with van der Waals surface area (Å²) < 4.78 is 25.2. The lowest BCUT2D eigenvalue weighted by molar-refractivity contribution is -0.119. The van der Waals surface area contributed by atoms with E-state index < -0.39 is 10.0 Å². The summed E-state index contributed by atoms with van der Waals surface area (Å²) in [6, 6.07) is 0. The number of hydrogen-bond donors (Lipinski definition) is 3. The van der Waals surface area contributed by atoms with Crippen molar-refractivity contribution in [3.05, 3.63) is 12.4 Å². The second-order valence-corrected chi connectivity index (χ2v) is 4.88. The summed E-state index contributed by atoms with van der Waals surface area (Å²) in [6.07, 6.45) is 3.22. The lowest BCUT2D eigenvalue weighted by Crippen LogP contribution is -2.37. The zero-order valence-electron chi connectivity index (χ0n) is 8.86. The minimum Gasteiger partial charge on any atom is -0.355 e. The highest BCUT2D eigenvalue weighted by atomic mass is 32.2. The third-order valence-electron chi connectivity index (χ3n) is 1.78. The Morgan fingerprint density at radius 2 is 2.31 bits per heavy atom. The first-order valence-electron chi connectivity index (χ1n) is 4.81. The van der Waals surface area contributed by atoms with E-state index >= 15 is 0 Å². The fourth-order valence-electron chi connectivity index (χ4n) is 0.957. The predicted octanol–water partition coefficient (Wildman–Crippen LogP) is -0.786. The Morgan fingerprint density at radius 3 is 2.88 bits per heavy atom. The number of amides is 1. The number of aromatic nitrogens is 2. The Balaban J connectivity index is 2.46. The summed E-state index contributed by atoms with van der Waals surface area (Å²) in [6.45, 7) is 2.18. The zero-order chi connectivity index (χ0) is 12.0. The number of sulfonamides is 1. The van der Waals surface area contributed by atoms with Crippen LogP contribution < -0.4 is 10.0 Å². The molecule has 0 saturated heterocycles. The third kappa shape index (κ3) is 3.63. The average Bonchev–Trinajstić information content (AvgIpc) is 2.77. The molecule has 0 aliphatic carbocycles. The largest absolute Gasteiger partial charge is 0.355 e.